The standard InChI is InChI=1S/C24H41N5O.HI/c1-4-28(3)19-22-10-8-9-21(17-22)18-26-23(25-2)27-20-24(11-6-5-7-12-24)29-13-15-30-16-14-29;/h8-10,17H,4-7,11-16,18-20H2,1-3H3,(H2,25,26,27);1H. The van der Waals surface area contributed by atoms with E-state index in [4.69, 9.17) is 4.74 Å². The number of hydrogen-bond donors (Lipinski definition) is 2. The molecule has 0 amide bonds. The molecule has 7 heteroatoms. The molecule has 2 N–H and O–H groups in total. The van der Waals surface area contributed by atoms with Gasteiger partial charge in [0.15, 0.2) is 5.96 Å². The van der Waals surface area contributed by atoms with E-state index in [1.807, 2.05) is 7.05 Å². The zero-order valence-corrected chi connectivity index (χ0v) is 22.0. The number of morpholine rings is 1. The Morgan fingerprint density at radius 2 is 1.84 bits per heavy atom. The maximum atomic E-state index is 5.61. The second-order valence-corrected chi connectivity index (χ2v) is 8.81. The van der Waals surface area contributed by atoms with Crippen molar-refractivity contribution in [2.45, 2.75) is 57.7 Å². The number of aliphatic imine (C=N–C) groups is 1. The van der Waals surface area contributed by atoms with Crippen LogP contribution in [0.15, 0.2) is 29.3 Å². The van der Waals surface area contributed by atoms with E-state index in [9.17, 15) is 0 Å². The molecule has 2 aliphatic rings. The topological polar surface area (TPSA) is 52.1 Å². The largest absolute Gasteiger partial charge is 0.379 e. The minimum absolute atomic E-state index is 0. The average Bonchev–Trinajstić information content (AvgIpc) is 2.80. The highest BCUT2D eigenvalue weighted by molar-refractivity contribution is 14.0. The lowest BCUT2D eigenvalue weighted by Crippen LogP contribution is -2.60. The lowest BCUT2D eigenvalue weighted by Gasteiger charge is -2.48. The van der Waals surface area contributed by atoms with Crippen LogP contribution in [-0.2, 0) is 17.8 Å². The van der Waals surface area contributed by atoms with E-state index in [-0.39, 0.29) is 29.5 Å². The van der Waals surface area contributed by atoms with E-state index in [1.165, 1.54) is 43.2 Å². The van der Waals surface area contributed by atoms with Crippen LogP contribution in [0.2, 0.25) is 0 Å². The van der Waals surface area contributed by atoms with Gasteiger partial charge < -0.3 is 20.3 Å². The average molecular weight is 544 g/mol. The van der Waals surface area contributed by atoms with Gasteiger partial charge in [0, 0.05) is 45.3 Å². The van der Waals surface area contributed by atoms with Crippen LogP contribution in [0, 0.1) is 0 Å². The summed E-state index contributed by atoms with van der Waals surface area (Å²) in [5.74, 6) is 0.893. The van der Waals surface area contributed by atoms with E-state index < -0.39 is 0 Å². The first-order chi connectivity index (χ1) is 14.6. The Balaban J connectivity index is 0.00000341. The van der Waals surface area contributed by atoms with Gasteiger partial charge in [-0.2, -0.15) is 0 Å². The number of hydrogen-bond acceptors (Lipinski definition) is 4. The molecule has 3 rings (SSSR count). The van der Waals surface area contributed by atoms with Gasteiger partial charge in [-0.05, 0) is 37.6 Å². The summed E-state index contributed by atoms with van der Waals surface area (Å²) in [6, 6.07) is 8.84. The van der Waals surface area contributed by atoms with Crippen molar-refractivity contribution in [2.75, 3.05) is 53.5 Å². The zero-order valence-electron chi connectivity index (χ0n) is 19.7. The van der Waals surface area contributed by atoms with Crippen molar-refractivity contribution in [2.24, 2.45) is 4.99 Å². The van der Waals surface area contributed by atoms with Gasteiger partial charge in [-0.1, -0.05) is 50.5 Å². The molecule has 0 aromatic heterocycles. The van der Waals surface area contributed by atoms with Crippen LogP contribution >= 0.6 is 24.0 Å². The minimum Gasteiger partial charge on any atom is -0.379 e. The van der Waals surface area contributed by atoms with Crippen LogP contribution in [0.4, 0.5) is 0 Å². The summed E-state index contributed by atoms with van der Waals surface area (Å²) >= 11 is 0. The zero-order chi connectivity index (χ0) is 21.2. The maximum Gasteiger partial charge on any atom is 0.191 e. The van der Waals surface area contributed by atoms with Gasteiger partial charge in [0.05, 0.1) is 13.2 Å². The molecule has 0 radical (unpaired) electrons. The Labute approximate surface area is 206 Å². The summed E-state index contributed by atoms with van der Waals surface area (Å²) in [5, 5.41) is 7.17. The third kappa shape index (κ3) is 7.87. The summed E-state index contributed by atoms with van der Waals surface area (Å²) in [5.41, 5.74) is 2.89. The Kier molecular flexibility index (Phi) is 11.6. The van der Waals surface area contributed by atoms with Gasteiger partial charge in [0.2, 0.25) is 0 Å². The summed E-state index contributed by atoms with van der Waals surface area (Å²) < 4.78 is 5.61. The van der Waals surface area contributed by atoms with Gasteiger partial charge >= 0.3 is 0 Å². The Morgan fingerprint density at radius 1 is 1.13 bits per heavy atom. The van der Waals surface area contributed by atoms with Crippen LogP contribution < -0.4 is 10.6 Å². The van der Waals surface area contributed by atoms with E-state index in [0.29, 0.717) is 0 Å². The second kappa shape index (κ2) is 13.6. The monoisotopic (exact) mass is 543 g/mol. The molecule has 31 heavy (non-hydrogen) atoms. The lowest BCUT2D eigenvalue weighted by atomic mass is 9.80. The summed E-state index contributed by atoms with van der Waals surface area (Å²) in [7, 11) is 4.02. The Bertz CT molecular complexity index is 672. The van der Waals surface area contributed by atoms with E-state index >= 15 is 0 Å². The van der Waals surface area contributed by atoms with Crippen molar-refractivity contribution in [3.8, 4) is 0 Å². The van der Waals surface area contributed by atoms with Gasteiger partial charge in [-0.3, -0.25) is 9.89 Å². The fraction of sp³-hybridized carbons (Fsp3) is 0.708. The SMILES string of the molecule is CCN(C)Cc1cccc(CNC(=NC)NCC2(N3CCOCC3)CCCCC2)c1.I. The number of halogens is 1. The molecule has 176 valence electrons. The van der Waals surface area contributed by atoms with Crippen LogP contribution in [0.3, 0.4) is 0 Å². The van der Waals surface area contributed by atoms with Gasteiger partial charge in [0.25, 0.3) is 0 Å². The highest BCUT2D eigenvalue weighted by atomic mass is 127. The molecule has 6 nitrogen and oxygen atoms in total. The molecule has 1 aliphatic heterocycles. The maximum absolute atomic E-state index is 5.61. The number of nitrogens with one attached hydrogen (secondary N) is 2. The molecule has 1 saturated heterocycles. The molecule has 1 saturated carbocycles. The molecule has 0 unspecified atom stereocenters. The third-order valence-corrected chi connectivity index (χ3v) is 6.72. The van der Waals surface area contributed by atoms with Gasteiger partial charge in [-0.15, -0.1) is 24.0 Å². The predicted octanol–water partition coefficient (Wildman–Crippen LogP) is 3.46. The first-order valence-corrected chi connectivity index (χ1v) is 11.7. The highest BCUT2D eigenvalue weighted by Gasteiger charge is 2.38. The molecule has 1 aliphatic carbocycles. The highest BCUT2D eigenvalue weighted by Crippen LogP contribution is 2.33. The van der Waals surface area contributed by atoms with Crippen molar-refractivity contribution < 1.29 is 4.74 Å². The van der Waals surface area contributed by atoms with Crippen molar-refractivity contribution >= 4 is 29.9 Å². The fourth-order valence-electron chi connectivity index (χ4n) is 4.77. The third-order valence-electron chi connectivity index (χ3n) is 6.72. The molecule has 0 atom stereocenters. The minimum atomic E-state index is 0. The van der Waals surface area contributed by atoms with Crippen molar-refractivity contribution in [1.29, 1.82) is 0 Å². The van der Waals surface area contributed by atoms with Crippen molar-refractivity contribution in [3.05, 3.63) is 35.4 Å². The summed E-state index contributed by atoms with van der Waals surface area (Å²) in [6.45, 7) is 9.79. The van der Waals surface area contributed by atoms with E-state index in [1.54, 1.807) is 0 Å². The first kappa shape index (κ1) is 26.4. The quantitative estimate of drug-likeness (QED) is 0.299. The normalized spacial score (nSPS) is 19.7. The Morgan fingerprint density at radius 3 is 2.52 bits per heavy atom. The predicted molar refractivity (Wildman–Crippen MR) is 140 cm³/mol. The summed E-state index contributed by atoms with van der Waals surface area (Å²) in [6.07, 6.45) is 6.55. The summed E-state index contributed by atoms with van der Waals surface area (Å²) in [4.78, 5) is 9.48. The van der Waals surface area contributed by atoms with Crippen molar-refractivity contribution in [3.63, 3.8) is 0 Å². The smallest absolute Gasteiger partial charge is 0.191 e. The fourth-order valence-corrected chi connectivity index (χ4v) is 4.77. The second-order valence-electron chi connectivity index (χ2n) is 8.81. The van der Waals surface area contributed by atoms with E-state index in [0.717, 1.165) is 58.4 Å². The van der Waals surface area contributed by atoms with Crippen molar-refractivity contribution in [1.82, 2.24) is 20.4 Å². The number of rotatable bonds is 8. The molecular weight excluding hydrogens is 501 g/mol. The molecule has 2 fully saturated rings. The van der Waals surface area contributed by atoms with E-state index in [2.05, 4.69) is 63.7 Å². The van der Waals surface area contributed by atoms with Gasteiger partial charge in [-0.25, -0.2) is 0 Å². The van der Waals surface area contributed by atoms with Gasteiger partial charge in [0.1, 0.15) is 0 Å². The Hall–Kier alpha value is -0.900. The number of nitrogens with zero attached hydrogens (tertiary/aromatic N) is 3. The molecule has 0 bridgehead atoms. The van der Waals surface area contributed by atoms with Crippen LogP contribution in [0.25, 0.3) is 0 Å². The number of ether oxygens (including phenoxy) is 1. The van der Waals surface area contributed by atoms with Crippen LogP contribution in [0.5, 0.6) is 0 Å². The number of guanidine groups is 1. The molecule has 1 heterocycles. The molecule has 0 spiro atoms. The number of benzene rings is 1. The van der Waals surface area contributed by atoms with Crippen LogP contribution in [-0.4, -0.2) is 74.8 Å². The molecule has 1 aromatic carbocycles. The lowest BCUT2D eigenvalue weighted by molar-refractivity contribution is -0.0352. The first-order valence-electron chi connectivity index (χ1n) is 11.7. The molecular formula is C24H42IN5O. The molecule has 1 aromatic rings. The van der Waals surface area contributed by atoms with Crippen LogP contribution in [0.1, 0.15) is 50.2 Å².